The van der Waals surface area contributed by atoms with E-state index in [4.69, 9.17) is 10.5 Å². The number of aromatic nitrogens is 2. The number of nitrogens with two attached hydrogens (primary N) is 1. The Balaban J connectivity index is 1.72. The zero-order chi connectivity index (χ0) is 20.1. The number of likely N-dealkylation sites (tertiary alicyclic amines) is 1. The lowest BCUT2D eigenvalue weighted by Gasteiger charge is -2.16. The zero-order valence-electron chi connectivity index (χ0n) is 15.5. The molecule has 0 aliphatic carbocycles. The van der Waals surface area contributed by atoms with Crippen molar-refractivity contribution in [3.8, 4) is 5.75 Å². The smallest absolute Gasteiger partial charge is 0.224 e. The van der Waals surface area contributed by atoms with Crippen LogP contribution in [-0.2, 0) is 4.79 Å². The molecule has 1 aromatic heterocycles. The number of nitrogens with zero attached hydrogens (tertiary/aromatic N) is 3. The van der Waals surface area contributed by atoms with Gasteiger partial charge in [-0.25, -0.2) is 9.37 Å². The largest absolute Gasteiger partial charge is 0.496 e. The minimum absolute atomic E-state index is 0.00428. The molecule has 1 aromatic carbocycles. The molecule has 3 N–H and O–H groups in total. The first kappa shape index (κ1) is 19.7. The second-order valence-corrected chi connectivity index (χ2v) is 6.55. The quantitative estimate of drug-likeness (QED) is 0.518. The molecule has 9 heteroatoms. The maximum absolute atomic E-state index is 13.6. The van der Waals surface area contributed by atoms with Crippen LogP contribution in [0.4, 0.5) is 16.2 Å². The molecule has 3 rings (SSSR count). The summed E-state index contributed by atoms with van der Waals surface area (Å²) in [7, 11) is 1.40. The van der Waals surface area contributed by atoms with E-state index in [1.165, 1.54) is 25.4 Å². The number of hydrogen-bond acceptors (Lipinski definition) is 8. The van der Waals surface area contributed by atoms with Crippen LogP contribution < -0.4 is 15.8 Å². The predicted octanol–water partition coefficient (Wildman–Crippen LogP) is 1.51. The second kappa shape index (κ2) is 8.75. The van der Waals surface area contributed by atoms with Gasteiger partial charge in [-0.3, -0.25) is 4.79 Å². The minimum Gasteiger partial charge on any atom is -0.496 e. The topological polar surface area (TPSA) is 110 Å². The van der Waals surface area contributed by atoms with Crippen LogP contribution in [0, 0.1) is 5.82 Å². The van der Waals surface area contributed by atoms with Gasteiger partial charge in [-0.15, -0.1) is 0 Å². The average Bonchev–Trinajstić information content (AvgIpc) is 3.13. The number of nitrogens with one attached hydrogen (secondary N) is 1. The molecule has 1 aliphatic heterocycles. The summed E-state index contributed by atoms with van der Waals surface area (Å²) in [6.07, 6.45) is 3.64. The van der Waals surface area contributed by atoms with Crippen molar-refractivity contribution in [3.63, 3.8) is 0 Å². The molecule has 0 radical (unpaired) electrons. The van der Waals surface area contributed by atoms with Crippen molar-refractivity contribution in [2.75, 3.05) is 37.8 Å². The van der Waals surface area contributed by atoms with E-state index in [2.05, 4.69) is 20.2 Å². The fourth-order valence-corrected chi connectivity index (χ4v) is 3.21. The van der Waals surface area contributed by atoms with E-state index in [-0.39, 0.29) is 28.7 Å². The summed E-state index contributed by atoms with van der Waals surface area (Å²) in [6, 6.07) is 3.82. The van der Waals surface area contributed by atoms with Crippen LogP contribution in [0.25, 0.3) is 0 Å². The van der Waals surface area contributed by atoms with Crippen LogP contribution in [0.5, 0.6) is 5.75 Å². The molecular formula is C19H22FN5O3. The molecule has 1 fully saturated rings. The number of ether oxygens (including phenoxy) is 1. The van der Waals surface area contributed by atoms with E-state index in [1.54, 1.807) is 0 Å². The summed E-state index contributed by atoms with van der Waals surface area (Å²) in [6.45, 7) is 2.39. The molecular weight excluding hydrogens is 365 g/mol. The molecule has 0 saturated carbocycles. The molecule has 0 unspecified atom stereocenters. The van der Waals surface area contributed by atoms with Crippen LogP contribution in [-0.4, -0.2) is 59.7 Å². The van der Waals surface area contributed by atoms with E-state index in [1.807, 2.05) is 0 Å². The highest BCUT2D eigenvalue weighted by atomic mass is 19.1. The lowest BCUT2D eigenvalue weighted by Crippen LogP contribution is -2.28. The van der Waals surface area contributed by atoms with Crippen molar-refractivity contribution < 1.29 is 18.7 Å². The summed E-state index contributed by atoms with van der Waals surface area (Å²) >= 11 is 0. The number of rotatable bonds is 8. The third-order valence-corrected chi connectivity index (χ3v) is 4.64. The summed E-state index contributed by atoms with van der Waals surface area (Å²) in [4.78, 5) is 33.8. The fourth-order valence-electron chi connectivity index (χ4n) is 3.21. The van der Waals surface area contributed by atoms with E-state index >= 15 is 0 Å². The Hall–Kier alpha value is -3.07. The first-order valence-corrected chi connectivity index (χ1v) is 8.95. The second-order valence-electron chi connectivity index (χ2n) is 6.55. The third-order valence-electron chi connectivity index (χ3n) is 4.64. The Morgan fingerprint density at radius 1 is 1.46 bits per heavy atom. The lowest BCUT2D eigenvalue weighted by atomic mass is 10.0. The average molecular weight is 387 g/mol. The van der Waals surface area contributed by atoms with Crippen LogP contribution in [0.15, 0.2) is 24.4 Å². The number of halogens is 1. The van der Waals surface area contributed by atoms with Gasteiger partial charge in [0.05, 0.1) is 18.2 Å². The molecule has 1 aliphatic rings. The van der Waals surface area contributed by atoms with Gasteiger partial charge in [0.25, 0.3) is 0 Å². The van der Waals surface area contributed by atoms with Crippen LogP contribution in [0.2, 0.25) is 0 Å². The minimum atomic E-state index is -0.553. The molecule has 2 aromatic rings. The molecule has 0 amide bonds. The first-order valence-electron chi connectivity index (χ1n) is 8.95. The van der Waals surface area contributed by atoms with Crippen LogP contribution in [0.3, 0.4) is 0 Å². The number of methoxy groups -OCH3 is 1. The van der Waals surface area contributed by atoms with Crippen molar-refractivity contribution in [1.82, 2.24) is 14.9 Å². The van der Waals surface area contributed by atoms with Gasteiger partial charge in [0.15, 0.2) is 0 Å². The predicted molar refractivity (Wildman–Crippen MR) is 102 cm³/mol. The van der Waals surface area contributed by atoms with E-state index in [0.717, 1.165) is 38.4 Å². The third kappa shape index (κ3) is 4.42. The summed E-state index contributed by atoms with van der Waals surface area (Å²) in [5.41, 5.74) is 6.09. The Morgan fingerprint density at radius 3 is 3.00 bits per heavy atom. The molecule has 2 heterocycles. The van der Waals surface area contributed by atoms with Gasteiger partial charge in [-0.05, 0) is 24.6 Å². The molecule has 148 valence electrons. The van der Waals surface area contributed by atoms with Crippen molar-refractivity contribution in [1.29, 1.82) is 0 Å². The Kier molecular flexibility index (Phi) is 6.15. The summed E-state index contributed by atoms with van der Waals surface area (Å²) in [5.74, 6) is -0.495. The Bertz CT molecular complexity index is 877. The van der Waals surface area contributed by atoms with Gasteiger partial charge in [0.2, 0.25) is 11.7 Å². The molecule has 1 atom stereocenters. The number of aldehydes is 1. The lowest BCUT2D eigenvalue weighted by molar-refractivity contribution is -0.108. The van der Waals surface area contributed by atoms with Crippen molar-refractivity contribution in [2.45, 2.75) is 18.9 Å². The van der Waals surface area contributed by atoms with E-state index in [9.17, 15) is 14.0 Å². The Morgan fingerprint density at radius 2 is 2.29 bits per heavy atom. The number of nitrogen functional groups attached to an aromatic ring is 1. The SMILES string of the molecule is COc1ccc(F)cc1C(=O)c1cnc(N[C@@H]2CCN(CCC=O)C2)nc1N. The highest BCUT2D eigenvalue weighted by Gasteiger charge is 2.24. The van der Waals surface area contributed by atoms with Gasteiger partial charge < -0.3 is 25.5 Å². The number of ketones is 1. The molecule has 0 spiro atoms. The highest BCUT2D eigenvalue weighted by molar-refractivity contribution is 6.13. The number of hydrogen-bond donors (Lipinski definition) is 2. The molecule has 0 bridgehead atoms. The van der Waals surface area contributed by atoms with Crippen LogP contribution >= 0.6 is 0 Å². The van der Waals surface area contributed by atoms with Gasteiger partial charge in [-0.2, -0.15) is 4.98 Å². The number of anilines is 2. The maximum Gasteiger partial charge on any atom is 0.224 e. The van der Waals surface area contributed by atoms with Gasteiger partial charge in [-0.1, -0.05) is 0 Å². The number of carbonyl (C=O) groups excluding carboxylic acids is 2. The molecule has 8 nitrogen and oxygen atoms in total. The first-order chi connectivity index (χ1) is 13.5. The fraction of sp³-hybridized carbons (Fsp3) is 0.368. The monoisotopic (exact) mass is 387 g/mol. The summed E-state index contributed by atoms with van der Waals surface area (Å²) < 4.78 is 18.7. The van der Waals surface area contributed by atoms with E-state index < -0.39 is 11.6 Å². The van der Waals surface area contributed by atoms with Crippen LogP contribution in [0.1, 0.15) is 28.8 Å². The Labute approximate surface area is 161 Å². The zero-order valence-corrected chi connectivity index (χ0v) is 15.5. The molecule has 1 saturated heterocycles. The number of carbonyl (C=O) groups is 2. The number of benzene rings is 1. The van der Waals surface area contributed by atoms with Crippen molar-refractivity contribution >= 4 is 23.8 Å². The standard InChI is InChI=1S/C19H22FN5O3/c1-28-16-4-3-12(20)9-14(16)17(27)15-10-22-19(24-18(15)21)23-13-5-7-25(11-13)6-2-8-26/h3-4,8-10,13H,2,5-7,11H2,1H3,(H3,21,22,23,24)/t13-/m1/s1. The summed E-state index contributed by atoms with van der Waals surface area (Å²) in [5, 5.41) is 3.20. The van der Waals surface area contributed by atoms with Gasteiger partial charge in [0.1, 0.15) is 23.7 Å². The normalized spacial score (nSPS) is 16.7. The van der Waals surface area contributed by atoms with Crippen molar-refractivity contribution in [2.24, 2.45) is 0 Å². The van der Waals surface area contributed by atoms with Crippen molar-refractivity contribution in [3.05, 3.63) is 41.3 Å². The maximum atomic E-state index is 13.6. The van der Waals surface area contributed by atoms with Gasteiger partial charge >= 0.3 is 0 Å². The highest BCUT2D eigenvalue weighted by Crippen LogP contribution is 2.25. The molecule has 28 heavy (non-hydrogen) atoms. The van der Waals surface area contributed by atoms with E-state index in [0.29, 0.717) is 12.4 Å². The van der Waals surface area contributed by atoms with Gasteiger partial charge in [0, 0.05) is 38.3 Å².